The summed E-state index contributed by atoms with van der Waals surface area (Å²) in [5.41, 5.74) is 4.00. The highest BCUT2D eigenvalue weighted by Crippen LogP contribution is 2.22. The molecule has 5 heteroatoms. The summed E-state index contributed by atoms with van der Waals surface area (Å²) in [6.07, 6.45) is 4.11. The van der Waals surface area contributed by atoms with E-state index in [0.29, 0.717) is 4.53 Å². The van der Waals surface area contributed by atoms with E-state index in [1.165, 1.54) is 22.2 Å². The molecule has 3 heterocycles. The van der Waals surface area contributed by atoms with Crippen LogP contribution in [0.15, 0.2) is 59.5 Å². The van der Waals surface area contributed by atoms with E-state index in [1.807, 2.05) is 42.5 Å². The Hall–Kier alpha value is -2.92. The van der Waals surface area contributed by atoms with Crippen LogP contribution in [0.25, 0.3) is 33.0 Å². The van der Waals surface area contributed by atoms with Crippen molar-refractivity contribution in [3.63, 3.8) is 0 Å². The molecule has 0 radical (unpaired) electrons. The molecule has 0 amide bonds. The molecule has 0 saturated carbocycles. The van der Waals surface area contributed by atoms with E-state index in [4.69, 9.17) is 0 Å². The quantitative estimate of drug-likeness (QED) is 0.492. The molecule has 122 valence electrons. The van der Waals surface area contributed by atoms with Gasteiger partial charge in [-0.15, -0.1) is 0 Å². The summed E-state index contributed by atoms with van der Waals surface area (Å²) >= 11 is 1.44. The zero-order valence-electron chi connectivity index (χ0n) is 13.6. The van der Waals surface area contributed by atoms with Crippen LogP contribution in [0.3, 0.4) is 0 Å². The lowest BCUT2D eigenvalue weighted by molar-refractivity contribution is 0.797. The number of thiazole rings is 1. The summed E-state index contributed by atoms with van der Waals surface area (Å²) in [5.74, 6) is 0. The highest BCUT2D eigenvalue weighted by molar-refractivity contribution is 7.15. The number of aryl methyl sites for hydroxylation is 1. The average Bonchev–Trinajstić information content (AvgIpc) is 3.27. The number of benzene rings is 2. The molecule has 0 unspecified atom stereocenters. The molecule has 2 aromatic carbocycles. The van der Waals surface area contributed by atoms with Crippen molar-refractivity contribution in [1.29, 1.82) is 0 Å². The van der Waals surface area contributed by atoms with Crippen molar-refractivity contribution in [2.24, 2.45) is 0 Å². The van der Waals surface area contributed by atoms with Gasteiger partial charge in [-0.3, -0.25) is 4.79 Å². The molecule has 0 atom stereocenters. The smallest absolute Gasteiger partial charge is 0.274 e. The lowest BCUT2D eigenvalue weighted by Gasteiger charge is -1.97. The van der Waals surface area contributed by atoms with E-state index in [1.54, 1.807) is 4.40 Å². The van der Waals surface area contributed by atoms with E-state index in [-0.39, 0.29) is 5.56 Å². The molecular formula is C20H15N3OS. The number of hydrogen-bond donors (Lipinski definition) is 0. The standard InChI is InChI=1S/C20H15N3OS/c1-2-22-12-13(14-7-3-5-9-16(14)22)11-18-19(24)23-17-10-6-4-8-15(17)21-20(23)25-18/h3-12H,2H2,1H3/b18-11-. The van der Waals surface area contributed by atoms with Crippen LogP contribution in [0.2, 0.25) is 0 Å². The van der Waals surface area contributed by atoms with Crippen LogP contribution in [-0.2, 0) is 6.54 Å². The maximum atomic E-state index is 12.9. The monoisotopic (exact) mass is 345 g/mol. The van der Waals surface area contributed by atoms with Gasteiger partial charge in [0.2, 0.25) is 0 Å². The maximum Gasteiger partial charge on any atom is 0.274 e. The summed E-state index contributed by atoms with van der Waals surface area (Å²) in [5, 5.41) is 1.17. The van der Waals surface area contributed by atoms with Crippen molar-refractivity contribution in [2.75, 3.05) is 0 Å². The minimum absolute atomic E-state index is 0.00188. The van der Waals surface area contributed by atoms with Crippen molar-refractivity contribution < 1.29 is 0 Å². The fourth-order valence-corrected chi connectivity index (χ4v) is 4.38. The average molecular weight is 345 g/mol. The Labute approximate surface area is 147 Å². The Morgan fingerprint density at radius 3 is 2.68 bits per heavy atom. The van der Waals surface area contributed by atoms with Crippen molar-refractivity contribution in [3.05, 3.63) is 75.2 Å². The van der Waals surface area contributed by atoms with Crippen LogP contribution in [-0.4, -0.2) is 14.0 Å². The normalized spacial score (nSPS) is 12.8. The molecule has 0 aliphatic heterocycles. The highest BCUT2D eigenvalue weighted by atomic mass is 32.1. The Kier molecular flexibility index (Phi) is 3.05. The van der Waals surface area contributed by atoms with Gasteiger partial charge in [0.25, 0.3) is 5.56 Å². The maximum absolute atomic E-state index is 12.9. The number of rotatable bonds is 2. The predicted molar refractivity (Wildman–Crippen MR) is 103 cm³/mol. The molecule has 0 fully saturated rings. The first-order chi connectivity index (χ1) is 12.3. The summed E-state index contributed by atoms with van der Waals surface area (Å²) in [7, 11) is 0. The minimum atomic E-state index is 0.00188. The van der Waals surface area contributed by atoms with E-state index in [9.17, 15) is 4.79 Å². The number of imidazole rings is 1. The fourth-order valence-electron chi connectivity index (χ4n) is 3.41. The summed E-state index contributed by atoms with van der Waals surface area (Å²) in [6, 6.07) is 16.1. The Balaban J connectivity index is 1.82. The van der Waals surface area contributed by atoms with Gasteiger partial charge in [0.15, 0.2) is 4.96 Å². The summed E-state index contributed by atoms with van der Waals surface area (Å²) in [4.78, 5) is 18.2. The van der Waals surface area contributed by atoms with Crippen LogP contribution in [0, 0.1) is 0 Å². The topological polar surface area (TPSA) is 39.3 Å². The Bertz CT molecular complexity index is 1360. The second kappa shape index (κ2) is 5.29. The molecule has 0 spiro atoms. The van der Waals surface area contributed by atoms with E-state index in [0.717, 1.165) is 28.1 Å². The van der Waals surface area contributed by atoms with Crippen molar-refractivity contribution >= 4 is 44.3 Å². The van der Waals surface area contributed by atoms with Gasteiger partial charge in [0, 0.05) is 29.2 Å². The molecule has 25 heavy (non-hydrogen) atoms. The van der Waals surface area contributed by atoms with Crippen molar-refractivity contribution in [1.82, 2.24) is 14.0 Å². The number of para-hydroxylation sites is 3. The SMILES string of the molecule is CCn1cc(/C=c2\sc3nc4ccccc4n3c2=O)c2ccccc21. The predicted octanol–water partition coefficient (Wildman–Crippen LogP) is 3.43. The molecule has 5 aromatic rings. The van der Waals surface area contributed by atoms with Gasteiger partial charge in [-0.2, -0.15) is 0 Å². The summed E-state index contributed by atoms with van der Waals surface area (Å²) in [6.45, 7) is 3.03. The fraction of sp³-hybridized carbons (Fsp3) is 0.100. The lowest BCUT2D eigenvalue weighted by Crippen LogP contribution is -2.22. The first-order valence-corrected chi connectivity index (χ1v) is 9.07. The number of hydrogen-bond acceptors (Lipinski definition) is 3. The van der Waals surface area contributed by atoms with E-state index in [2.05, 4.69) is 34.8 Å². The van der Waals surface area contributed by atoms with Crippen LogP contribution in [0.5, 0.6) is 0 Å². The zero-order valence-corrected chi connectivity index (χ0v) is 14.5. The van der Waals surface area contributed by atoms with Gasteiger partial charge in [-0.25, -0.2) is 9.38 Å². The van der Waals surface area contributed by atoms with Crippen LogP contribution in [0.1, 0.15) is 12.5 Å². The molecule has 0 aliphatic carbocycles. The molecule has 3 aromatic heterocycles. The highest BCUT2D eigenvalue weighted by Gasteiger charge is 2.11. The van der Waals surface area contributed by atoms with Crippen LogP contribution < -0.4 is 10.1 Å². The molecule has 0 aliphatic rings. The Morgan fingerprint density at radius 2 is 1.84 bits per heavy atom. The Morgan fingerprint density at radius 1 is 1.08 bits per heavy atom. The molecule has 0 N–H and O–H groups in total. The zero-order chi connectivity index (χ0) is 17.0. The third-order valence-electron chi connectivity index (χ3n) is 4.59. The first kappa shape index (κ1) is 14.4. The third-order valence-corrected chi connectivity index (χ3v) is 5.56. The molecule has 4 nitrogen and oxygen atoms in total. The van der Waals surface area contributed by atoms with Gasteiger partial charge in [-0.05, 0) is 31.2 Å². The molecule has 0 bridgehead atoms. The molecule has 5 rings (SSSR count). The lowest BCUT2D eigenvalue weighted by atomic mass is 10.2. The molecular weight excluding hydrogens is 330 g/mol. The largest absolute Gasteiger partial charge is 0.347 e. The third kappa shape index (κ3) is 2.06. The minimum Gasteiger partial charge on any atom is -0.347 e. The van der Waals surface area contributed by atoms with Gasteiger partial charge < -0.3 is 4.57 Å². The second-order valence-electron chi connectivity index (χ2n) is 6.02. The van der Waals surface area contributed by atoms with Crippen molar-refractivity contribution in [3.8, 4) is 0 Å². The van der Waals surface area contributed by atoms with E-state index >= 15 is 0 Å². The number of aromatic nitrogens is 3. The van der Waals surface area contributed by atoms with Crippen molar-refractivity contribution in [2.45, 2.75) is 13.5 Å². The molecule has 0 saturated heterocycles. The van der Waals surface area contributed by atoms with Gasteiger partial charge >= 0.3 is 0 Å². The first-order valence-electron chi connectivity index (χ1n) is 8.26. The van der Waals surface area contributed by atoms with Gasteiger partial charge in [0.1, 0.15) is 0 Å². The summed E-state index contributed by atoms with van der Waals surface area (Å²) < 4.78 is 4.64. The van der Waals surface area contributed by atoms with E-state index < -0.39 is 0 Å². The van der Waals surface area contributed by atoms with Gasteiger partial charge in [-0.1, -0.05) is 41.7 Å². The van der Waals surface area contributed by atoms with Crippen LogP contribution >= 0.6 is 11.3 Å². The van der Waals surface area contributed by atoms with Crippen LogP contribution in [0.4, 0.5) is 0 Å². The second-order valence-corrected chi connectivity index (χ2v) is 7.03. The number of nitrogens with zero attached hydrogens (tertiary/aromatic N) is 3. The number of fused-ring (bicyclic) bond motifs is 4. The van der Waals surface area contributed by atoms with Gasteiger partial charge in [0.05, 0.1) is 15.6 Å².